The zero-order chi connectivity index (χ0) is 14.8. The Morgan fingerprint density at radius 2 is 1.90 bits per heavy atom. The fraction of sp³-hybridized carbons (Fsp3) is 0.875. The first-order valence-electron chi connectivity index (χ1n) is 7.61. The molecule has 20 heavy (non-hydrogen) atoms. The average Bonchev–Trinajstić information content (AvgIpc) is 2.95. The van der Waals surface area contributed by atoms with Gasteiger partial charge in [0.25, 0.3) is 0 Å². The molecule has 1 spiro atoms. The Hall–Kier alpha value is -0.0300. The molecule has 1 saturated heterocycles. The van der Waals surface area contributed by atoms with Crippen molar-refractivity contribution < 1.29 is 13.7 Å². The molecular weight excluding hydrogens is 272 g/mol. The minimum absolute atomic E-state index is 0.0119. The van der Waals surface area contributed by atoms with Gasteiger partial charge in [-0.2, -0.15) is 4.18 Å². The predicted molar refractivity (Wildman–Crippen MR) is 84.8 cm³/mol. The maximum atomic E-state index is 5.98. The zero-order valence-electron chi connectivity index (χ0n) is 13.6. The van der Waals surface area contributed by atoms with Gasteiger partial charge in [-0.1, -0.05) is 5.57 Å². The lowest BCUT2D eigenvalue weighted by atomic mass is 10.0. The van der Waals surface area contributed by atoms with Gasteiger partial charge in [0, 0.05) is 6.42 Å². The maximum Gasteiger partial charge on any atom is 0.191 e. The van der Waals surface area contributed by atoms with Crippen LogP contribution in [-0.4, -0.2) is 36.6 Å². The van der Waals surface area contributed by atoms with E-state index in [0.717, 1.165) is 45.5 Å². The van der Waals surface area contributed by atoms with Gasteiger partial charge in [-0.05, 0) is 52.5 Å². The van der Waals surface area contributed by atoms with Crippen LogP contribution in [0.4, 0.5) is 0 Å². The zero-order valence-corrected chi connectivity index (χ0v) is 14.4. The van der Waals surface area contributed by atoms with E-state index in [1.54, 1.807) is 0 Å². The number of rotatable bonds is 5. The van der Waals surface area contributed by atoms with Crippen molar-refractivity contribution >= 4 is 11.2 Å². The molecule has 1 aliphatic heterocycles. The van der Waals surface area contributed by atoms with Crippen LogP contribution in [0.25, 0.3) is 0 Å². The lowest BCUT2D eigenvalue weighted by molar-refractivity contribution is -0.125. The molecular formula is C16H29O3S+. The first kappa shape index (κ1) is 16.3. The van der Waals surface area contributed by atoms with E-state index < -0.39 is 0 Å². The lowest BCUT2D eigenvalue weighted by Crippen LogP contribution is -2.30. The molecule has 116 valence electrons. The lowest BCUT2D eigenvalue weighted by Gasteiger charge is -2.26. The van der Waals surface area contributed by atoms with Gasteiger partial charge in [0.05, 0.1) is 13.2 Å². The summed E-state index contributed by atoms with van der Waals surface area (Å²) in [7, 11) is 0. The van der Waals surface area contributed by atoms with Crippen LogP contribution < -0.4 is 0 Å². The van der Waals surface area contributed by atoms with Crippen LogP contribution in [0.15, 0.2) is 11.1 Å². The van der Waals surface area contributed by atoms with Crippen molar-refractivity contribution in [3.8, 4) is 0 Å². The molecule has 1 heterocycles. The summed E-state index contributed by atoms with van der Waals surface area (Å²) >= 11 is 0.0119. The van der Waals surface area contributed by atoms with E-state index >= 15 is 0 Å². The normalized spacial score (nSPS) is 23.9. The summed E-state index contributed by atoms with van der Waals surface area (Å²) in [6, 6.07) is 0. The third kappa shape index (κ3) is 3.59. The molecule has 0 bridgehead atoms. The average molecular weight is 301 g/mol. The molecule has 4 heteroatoms. The first-order chi connectivity index (χ1) is 9.35. The van der Waals surface area contributed by atoms with Crippen molar-refractivity contribution in [2.45, 2.75) is 63.9 Å². The van der Waals surface area contributed by atoms with E-state index in [1.165, 1.54) is 11.1 Å². The molecule has 0 N–H and O–H groups in total. The second kappa shape index (κ2) is 6.39. The van der Waals surface area contributed by atoms with Crippen molar-refractivity contribution in [3.05, 3.63) is 11.1 Å². The van der Waals surface area contributed by atoms with Crippen molar-refractivity contribution in [2.75, 3.05) is 26.1 Å². The molecule has 1 aliphatic carbocycles. The molecule has 0 radical (unpaired) electrons. The second-order valence-corrected chi connectivity index (χ2v) is 9.07. The van der Waals surface area contributed by atoms with Crippen LogP contribution in [0.3, 0.4) is 0 Å². The van der Waals surface area contributed by atoms with Crippen molar-refractivity contribution in [3.63, 3.8) is 0 Å². The summed E-state index contributed by atoms with van der Waals surface area (Å²) < 4.78 is 18.0. The highest BCUT2D eigenvalue weighted by molar-refractivity contribution is 7.93. The van der Waals surface area contributed by atoms with Crippen LogP contribution in [0.2, 0.25) is 0 Å². The molecule has 0 aromatic rings. The van der Waals surface area contributed by atoms with Crippen LogP contribution in [0.1, 0.15) is 53.4 Å². The highest BCUT2D eigenvalue weighted by Crippen LogP contribution is 2.43. The van der Waals surface area contributed by atoms with E-state index in [2.05, 4.69) is 34.0 Å². The topological polar surface area (TPSA) is 27.7 Å². The monoisotopic (exact) mass is 301 g/mol. The summed E-state index contributed by atoms with van der Waals surface area (Å²) in [6.07, 6.45) is 6.37. The maximum absolute atomic E-state index is 5.98. The Morgan fingerprint density at radius 1 is 1.25 bits per heavy atom. The summed E-state index contributed by atoms with van der Waals surface area (Å²) in [5.41, 5.74) is 2.84. The molecule has 0 aromatic heterocycles. The molecule has 2 aliphatic rings. The van der Waals surface area contributed by atoms with Gasteiger partial charge in [-0.15, -0.1) is 0 Å². The Labute approximate surface area is 126 Å². The van der Waals surface area contributed by atoms with Gasteiger partial charge < -0.3 is 9.47 Å². The highest BCUT2D eigenvalue weighted by Gasteiger charge is 2.44. The number of ether oxygens (including phenoxy) is 2. The van der Waals surface area contributed by atoms with Crippen LogP contribution in [-0.2, 0) is 24.8 Å². The van der Waals surface area contributed by atoms with Crippen LogP contribution in [0, 0.1) is 0 Å². The Bertz CT molecular complexity index is 364. The Morgan fingerprint density at radius 3 is 2.50 bits per heavy atom. The predicted octanol–water partition coefficient (Wildman–Crippen LogP) is 3.60. The number of hydrogen-bond donors (Lipinski definition) is 0. The summed E-state index contributed by atoms with van der Waals surface area (Å²) in [4.78, 5) is 0. The Kier molecular flexibility index (Phi) is 5.22. The summed E-state index contributed by atoms with van der Waals surface area (Å²) in [6.45, 7) is 11.2. The Balaban J connectivity index is 1.80. The smallest absolute Gasteiger partial charge is 0.191 e. The highest BCUT2D eigenvalue weighted by atomic mass is 32.2. The molecule has 1 unspecified atom stereocenters. The molecule has 0 amide bonds. The van der Waals surface area contributed by atoms with Gasteiger partial charge in [0.1, 0.15) is 24.0 Å². The molecule has 3 nitrogen and oxygen atoms in total. The third-order valence-electron chi connectivity index (χ3n) is 4.25. The van der Waals surface area contributed by atoms with Crippen molar-refractivity contribution in [1.82, 2.24) is 0 Å². The quantitative estimate of drug-likeness (QED) is 0.441. The van der Waals surface area contributed by atoms with Gasteiger partial charge in [0.2, 0.25) is 0 Å². The van der Waals surface area contributed by atoms with E-state index in [9.17, 15) is 0 Å². The van der Waals surface area contributed by atoms with E-state index in [-0.39, 0.29) is 21.7 Å². The van der Waals surface area contributed by atoms with Crippen LogP contribution >= 0.6 is 0 Å². The van der Waals surface area contributed by atoms with Gasteiger partial charge in [-0.3, -0.25) is 0 Å². The fourth-order valence-electron chi connectivity index (χ4n) is 2.77. The SMILES string of the molecule is CC1=C(CCCO[S+](C)C(C)(C)C)C2(CC1)OCCO2. The van der Waals surface area contributed by atoms with Crippen LogP contribution in [0.5, 0.6) is 0 Å². The number of allylic oxidation sites excluding steroid dienone is 1. The van der Waals surface area contributed by atoms with Gasteiger partial charge in [0.15, 0.2) is 10.5 Å². The molecule has 2 rings (SSSR count). The molecule has 1 fully saturated rings. The second-order valence-electron chi connectivity index (χ2n) is 6.70. The molecule has 0 saturated carbocycles. The minimum Gasteiger partial charge on any atom is -0.344 e. The summed E-state index contributed by atoms with van der Waals surface area (Å²) in [5.74, 6) is -0.373. The van der Waals surface area contributed by atoms with E-state index in [4.69, 9.17) is 13.7 Å². The minimum atomic E-state index is -0.373. The molecule has 1 atom stereocenters. The first-order valence-corrected chi connectivity index (χ1v) is 9.17. The van der Waals surface area contributed by atoms with Gasteiger partial charge in [-0.25, -0.2) is 0 Å². The largest absolute Gasteiger partial charge is 0.344 e. The van der Waals surface area contributed by atoms with E-state index in [1.807, 2.05) is 0 Å². The fourth-order valence-corrected chi connectivity index (χ4v) is 3.49. The van der Waals surface area contributed by atoms with Gasteiger partial charge >= 0.3 is 0 Å². The van der Waals surface area contributed by atoms with E-state index in [0.29, 0.717) is 0 Å². The van der Waals surface area contributed by atoms with Crippen molar-refractivity contribution in [1.29, 1.82) is 0 Å². The summed E-state index contributed by atoms with van der Waals surface area (Å²) in [5, 5.41) is 0. The molecule has 0 aromatic carbocycles. The third-order valence-corrected chi connectivity index (χ3v) is 6.50. The standard InChI is InChI=1S/C16H29O3S/c1-13-8-9-16(17-11-12-18-16)14(13)7-6-10-19-20(5)15(2,3)4/h6-12H2,1-5H3/q+1. The van der Waals surface area contributed by atoms with Crippen molar-refractivity contribution in [2.24, 2.45) is 0 Å². The number of hydrogen-bond acceptors (Lipinski definition) is 3.